The molecule has 0 atom stereocenters. The van der Waals surface area contributed by atoms with Crippen LogP contribution >= 0.6 is 11.3 Å². The van der Waals surface area contributed by atoms with Gasteiger partial charge in [0.05, 0.1) is 22.1 Å². The van der Waals surface area contributed by atoms with Crippen molar-refractivity contribution in [1.29, 1.82) is 0 Å². The lowest BCUT2D eigenvalue weighted by atomic mass is 9.95. The van der Waals surface area contributed by atoms with Crippen molar-refractivity contribution in [2.75, 3.05) is 0 Å². The molecule has 0 bridgehead atoms. The summed E-state index contributed by atoms with van der Waals surface area (Å²) in [5, 5.41) is 12.0. The molecule has 0 saturated heterocycles. The van der Waals surface area contributed by atoms with E-state index in [9.17, 15) is 0 Å². The van der Waals surface area contributed by atoms with Crippen molar-refractivity contribution in [2.24, 2.45) is 0 Å². The number of rotatable bonds is 2. The molecule has 13 rings (SSSR count). The lowest BCUT2D eigenvalue weighted by molar-refractivity contribution is 0.669. The third-order valence-corrected chi connectivity index (χ3v) is 12.3. The highest BCUT2D eigenvalue weighted by Gasteiger charge is 2.28. The lowest BCUT2D eigenvalue weighted by Gasteiger charge is -2.16. The summed E-state index contributed by atoms with van der Waals surface area (Å²) in [5.74, 6) is 0.827. The van der Waals surface area contributed by atoms with Gasteiger partial charge < -0.3 is 4.42 Å². The molecule has 0 N–H and O–H groups in total. The second-order valence-electron chi connectivity index (χ2n) is 13.6. The number of hydrogen-bond donors (Lipinski definition) is 0. The minimum Gasteiger partial charge on any atom is -0.456 e. The third-order valence-electron chi connectivity index (χ3n) is 11.1. The number of hydrogen-bond acceptors (Lipinski definition) is 4. The zero-order valence-corrected chi connectivity index (χ0v) is 27.8. The number of nitrogens with zero attached hydrogens (tertiary/aromatic N) is 3. The van der Waals surface area contributed by atoms with E-state index in [4.69, 9.17) is 14.4 Å². The van der Waals surface area contributed by atoms with Crippen molar-refractivity contribution in [1.82, 2.24) is 14.5 Å². The Morgan fingerprint density at radius 2 is 1.16 bits per heavy atom. The highest BCUT2D eigenvalue weighted by Crippen LogP contribution is 2.51. The Morgan fingerprint density at radius 3 is 2.10 bits per heavy atom. The van der Waals surface area contributed by atoms with Crippen molar-refractivity contribution < 1.29 is 4.42 Å². The summed E-state index contributed by atoms with van der Waals surface area (Å²) in [5.41, 5.74) is 10.2. The van der Waals surface area contributed by atoms with Gasteiger partial charge in [-0.15, -0.1) is 11.3 Å². The molecule has 12 aromatic rings. The predicted molar refractivity (Wildman–Crippen MR) is 213 cm³/mol. The van der Waals surface area contributed by atoms with E-state index in [0.29, 0.717) is 0 Å². The molecule has 0 fully saturated rings. The topological polar surface area (TPSA) is 43.9 Å². The normalized spacial score (nSPS) is 12.7. The van der Waals surface area contributed by atoms with E-state index in [-0.39, 0.29) is 0 Å². The first-order valence-corrected chi connectivity index (χ1v) is 18.1. The van der Waals surface area contributed by atoms with Crippen LogP contribution in [0.2, 0.25) is 0 Å². The maximum absolute atomic E-state index is 6.57. The van der Waals surface area contributed by atoms with Gasteiger partial charge in [-0.1, -0.05) is 103 Å². The van der Waals surface area contributed by atoms with Gasteiger partial charge in [-0.25, -0.2) is 9.97 Å². The quantitative estimate of drug-likeness (QED) is 0.173. The van der Waals surface area contributed by atoms with E-state index < -0.39 is 0 Å². The van der Waals surface area contributed by atoms with E-state index in [1.54, 1.807) is 0 Å². The maximum Gasteiger partial charge on any atom is 0.165 e. The Labute approximate surface area is 293 Å². The fourth-order valence-electron chi connectivity index (χ4n) is 9.00. The first-order chi connectivity index (χ1) is 25.3. The van der Waals surface area contributed by atoms with Crippen LogP contribution in [0.15, 0.2) is 144 Å². The van der Waals surface area contributed by atoms with E-state index >= 15 is 0 Å². The molecule has 0 unspecified atom stereocenters. The van der Waals surface area contributed by atoms with Crippen LogP contribution in [0.25, 0.3) is 125 Å². The molecule has 4 aromatic heterocycles. The molecule has 0 spiro atoms. The summed E-state index contributed by atoms with van der Waals surface area (Å²) in [7, 11) is 0. The van der Waals surface area contributed by atoms with Gasteiger partial charge in [0.1, 0.15) is 16.9 Å². The van der Waals surface area contributed by atoms with Crippen molar-refractivity contribution in [3.8, 4) is 28.2 Å². The van der Waals surface area contributed by atoms with Crippen LogP contribution in [0.4, 0.5) is 0 Å². The van der Waals surface area contributed by atoms with E-state index in [2.05, 4.69) is 144 Å². The molecule has 8 aromatic carbocycles. The molecule has 0 amide bonds. The number of furan rings is 1. The van der Waals surface area contributed by atoms with Gasteiger partial charge in [-0.2, -0.15) is 0 Å². The molecule has 5 heteroatoms. The first-order valence-electron chi connectivity index (χ1n) is 17.3. The standard InChI is InChI=1S/C46H23N3OS/c1-2-10-26-24(8-1)18-20-32-43(26)48-46(44(47-32)31-15-6-14-30-27-11-3-4-17-37(27)51-45(30)31)49-33-21-19-25-9-5-12-28-29-13-7-16-35-39(29)42-36(50-35)23-22-34(49)41(42)40(33)38(25)28/h1-23H. The van der Waals surface area contributed by atoms with Crippen LogP contribution in [0, 0.1) is 0 Å². The third kappa shape index (κ3) is 3.21. The average Bonchev–Trinajstić information content (AvgIpc) is 3.83. The Balaban J connectivity index is 1.27. The fraction of sp³-hybridized carbons (Fsp3) is 0. The SMILES string of the molecule is c1ccc2c(c1)ccc1nc(-c3cccc4c3sc3ccccc34)c(-n3c4ccc5cccc6c5c4c4c5c(ccc43)oc3cccc-6c35)nc12. The van der Waals surface area contributed by atoms with E-state index in [0.717, 1.165) is 66.5 Å². The van der Waals surface area contributed by atoms with Crippen molar-refractivity contribution >= 4 is 108 Å². The van der Waals surface area contributed by atoms with Gasteiger partial charge in [0, 0.05) is 52.7 Å². The van der Waals surface area contributed by atoms with Crippen LogP contribution in [0.3, 0.4) is 0 Å². The zero-order valence-electron chi connectivity index (χ0n) is 26.9. The van der Waals surface area contributed by atoms with Crippen molar-refractivity contribution in [3.05, 3.63) is 140 Å². The fourth-order valence-corrected chi connectivity index (χ4v) is 10.2. The van der Waals surface area contributed by atoms with Crippen molar-refractivity contribution in [2.45, 2.75) is 0 Å². The van der Waals surface area contributed by atoms with Crippen LogP contribution in [0.1, 0.15) is 0 Å². The highest BCUT2D eigenvalue weighted by atomic mass is 32.1. The highest BCUT2D eigenvalue weighted by molar-refractivity contribution is 7.26. The monoisotopic (exact) mass is 665 g/mol. The molecule has 4 heterocycles. The molecule has 4 nitrogen and oxygen atoms in total. The van der Waals surface area contributed by atoms with Crippen LogP contribution in [-0.4, -0.2) is 14.5 Å². The average molecular weight is 666 g/mol. The molecular weight excluding hydrogens is 643 g/mol. The minimum atomic E-state index is 0.827. The first kappa shape index (κ1) is 26.3. The second-order valence-corrected chi connectivity index (χ2v) is 14.7. The molecule has 0 aliphatic heterocycles. The number of thiophene rings is 1. The Hall–Kier alpha value is -6.56. The molecule has 0 radical (unpaired) electrons. The van der Waals surface area contributed by atoms with Gasteiger partial charge in [0.15, 0.2) is 5.82 Å². The predicted octanol–water partition coefficient (Wildman–Crippen LogP) is 12.9. The van der Waals surface area contributed by atoms with E-state index in [1.807, 2.05) is 11.3 Å². The number of benzene rings is 8. The molecule has 0 saturated carbocycles. The zero-order chi connectivity index (χ0) is 32.9. The maximum atomic E-state index is 6.57. The summed E-state index contributed by atoms with van der Waals surface area (Å²) in [4.78, 5) is 11.3. The summed E-state index contributed by atoms with van der Waals surface area (Å²) < 4.78 is 11.4. The Bertz CT molecular complexity index is 3550. The summed E-state index contributed by atoms with van der Waals surface area (Å²) in [6.45, 7) is 0. The summed E-state index contributed by atoms with van der Waals surface area (Å²) in [6.07, 6.45) is 0. The van der Waals surface area contributed by atoms with Gasteiger partial charge in [0.2, 0.25) is 0 Å². The molecule has 234 valence electrons. The molecule has 1 aliphatic carbocycles. The van der Waals surface area contributed by atoms with Crippen LogP contribution in [0.5, 0.6) is 0 Å². The molecule has 1 aliphatic rings. The lowest BCUT2D eigenvalue weighted by Crippen LogP contribution is -2.04. The van der Waals surface area contributed by atoms with Crippen LogP contribution < -0.4 is 0 Å². The summed E-state index contributed by atoms with van der Waals surface area (Å²) in [6, 6.07) is 50.1. The Kier molecular flexibility index (Phi) is 4.73. The van der Waals surface area contributed by atoms with Gasteiger partial charge in [-0.3, -0.25) is 4.57 Å². The van der Waals surface area contributed by atoms with Crippen LogP contribution in [-0.2, 0) is 0 Å². The number of fused-ring (bicyclic) bond motifs is 7. The molecular formula is C46H23N3OS. The smallest absolute Gasteiger partial charge is 0.165 e. The summed E-state index contributed by atoms with van der Waals surface area (Å²) >= 11 is 1.83. The van der Waals surface area contributed by atoms with Gasteiger partial charge >= 0.3 is 0 Å². The largest absolute Gasteiger partial charge is 0.456 e. The molecule has 51 heavy (non-hydrogen) atoms. The van der Waals surface area contributed by atoms with E-state index in [1.165, 1.54) is 58.2 Å². The Morgan fingerprint density at radius 1 is 0.471 bits per heavy atom. The minimum absolute atomic E-state index is 0.827. The second kappa shape index (κ2) is 9.16. The number of aromatic nitrogens is 3. The van der Waals surface area contributed by atoms with Gasteiger partial charge in [0.25, 0.3) is 0 Å². The van der Waals surface area contributed by atoms with Crippen molar-refractivity contribution in [3.63, 3.8) is 0 Å². The van der Waals surface area contributed by atoms with Gasteiger partial charge in [-0.05, 0) is 63.7 Å².